The monoisotopic (exact) mass is 268 g/mol. The molecule has 0 aliphatic carbocycles. The van der Waals surface area contributed by atoms with Gasteiger partial charge >= 0.3 is 0 Å². The minimum atomic E-state index is -3.56. The number of rotatable bonds is 5. The van der Waals surface area contributed by atoms with E-state index >= 15 is 0 Å². The van der Waals surface area contributed by atoms with Gasteiger partial charge in [0.25, 0.3) is 10.0 Å². The quantitative estimate of drug-likeness (QED) is 0.807. The number of hydrogen-bond donors (Lipinski definition) is 2. The van der Waals surface area contributed by atoms with Crippen LogP contribution in [-0.2, 0) is 10.0 Å². The zero-order valence-corrected chi connectivity index (χ0v) is 11.8. The molecule has 0 amide bonds. The summed E-state index contributed by atoms with van der Waals surface area (Å²) in [6.07, 6.45) is 2.65. The van der Waals surface area contributed by atoms with Crippen molar-refractivity contribution in [2.75, 3.05) is 11.8 Å². The molecule has 4 nitrogen and oxygen atoms in total. The zero-order chi connectivity index (χ0) is 14.0. The van der Waals surface area contributed by atoms with Crippen molar-refractivity contribution in [1.29, 1.82) is 0 Å². The first-order valence-electron chi connectivity index (χ1n) is 5.68. The summed E-state index contributed by atoms with van der Waals surface area (Å²) in [4.78, 5) is 0.0962. The summed E-state index contributed by atoms with van der Waals surface area (Å²) in [7, 11) is -1.93. The molecular weight excluding hydrogens is 248 g/mol. The molecule has 0 aromatic heterocycles. The first-order chi connectivity index (χ1) is 8.60. The molecule has 0 radical (unpaired) electrons. The van der Waals surface area contributed by atoms with Gasteiger partial charge in [-0.15, -0.1) is 0 Å². The molecule has 2 N–H and O–H groups in total. The van der Waals surface area contributed by atoms with E-state index < -0.39 is 10.0 Å². The molecule has 0 aliphatic rings. The lowest BCUT2D eigenvalue weighted by Crippen LogP contribution is -2.15. The van der Waals surface area contributed by atoms with Crippen LogP contribution in [0.4, 0.5) is 5.69 Å². The van der Waals surface area contributed by atoms with Gasteiger partial charge in [0.05, 0.1) is 0 Å². The standard InChI is InChI=1S/C11H14N2O2S.C2H6/c1-3-11(9-12-2)16(14,15)13-10-7-5-4-6-8-10;1-2/h3-9,12-13H,1H2,2H3;1-2H3/b11-9+;. The third-order valence-electron chi connectivity index (χ3n) is 1.82. The van der Waals surface area contributed by atoms with Gasteiger partial charge in [0.1, 0.15) is 4.91 Å². The number of benzene rings is 1. The fourth-order valence-electron chi connectivity index (χ4n) is 1.11. The van der Waals surface area contributed by atoms with E-state index in [1.165, 1.54) is 12.3 Å². The second-order valence-electron chi connectivity index (χ2n) is 3.01. The van der Waals surface area contributed by atoms with Crippen LogP contribution in [0, 0.1) is 0 Å². The van der Waals surface area contributed by atoms with Gasteiger partial charge in [-0.3, -0.25) is 4.72 Å². The van der Waals surface area contributed by atoms with Crippen molar-refractivity contribution in [2.24, 2.45) is 0 Å². The van der Waals surface area contributed by atoms with E-state index in [0.717, 1.165) is 0 Å². The number of para-hydroxylation sites is 1. The van der Waals surface area contributed by atoms with Crippen LogP contribution in [0.5, 0.6) is 0 Å². The third-order valence-corrected chi connectivity index (χ3v) is 3.23. The fourth-order valence-corrected chi connectivity index (χ4v) is 2.17. The Morgan fingerprint density at radius 2 is 1.78 bits per heavy atom. The summed E-state index contributed by atoms with van der Waals surface area (Å²) in [6, 6.07) is 8.69. The highest BCUT2D eigenvalue weighted by Gasteiger charge is 2.14. The topological polar surface area (TPSA) is 58.2 Å². The number of nitrogens with one attached hydrogen (secondary N) is 2. The number of hydrogen-bond acceptors (Lipinski definition) is 3. The third kappa shape index (κ3) is 5.05. The van der Waals surface area contributed by atoms with Crippen LogP contribution in [0.2, 0.25) is 0 Å². The van der Waals surface area contributed by atoms with Gasteiger partial charge in [-0.05, 0) is 18.2 Å². The highest BCUT2D eigenvalue weighted by Crippen LogP contribution is 2.13. The second kappa shape index (κ2) is 8.36. The van der Waals surface area contributed by atoms with Crippen molar-refractivity contribution < 1.29 is 8.42 Å². The van der Waals surface area contributed by atoms with E-state index in [4.69, 9.17) is 0 Å². The second-order valence-corrected chi connectivity index (χ2v) is 4.69. The zero-order valence-electron chi connectivity index (χ0n) is 11.0. The maximum Gasteiger partial charge on any atom is 0.263 e. The first-order valence-corrected chi connectivity index (χ1v) is 7.16. The Labute approximate surface area is 109 Å². The molecule has 0 atom stereocenters. The number of sulfonamides is 1. The minimum absolute atomic E-state index is 0.0962. The fraction of sp³-hybridized carbons (Fsp3) is 0.231. The molecule has 0 spiro atoms. The van der Waals surface area contributed by atoms with Gasteiger partial charge in [-0.1, -0.05) is 38.6 Å². The summed E-state index contributed by atoms with van der Waals surface area (Å²) in [5.41, 5.74) is 0.520. The van der Waals surface area contributed by atoms with E-state index in [1.807, 2.05) is 19.9 Å². The highest BCUT2D eigenvalue weighted by molar-refractivity contribution is 7.96. The molecule has 5 heteroatoms. The summed E-state index contributed by atoms with van der Waals surface area (Å²) in [5.74, 6) is 0. The smallest absolute Gasteiger partial charge is 0.263 e. The van der Waals surface area contributed by atoms with Crippen LogP contribution >= 0.6 is 0 Å². The molecule has 1 aromatic rings. The molecule has 0 heterocycles. The molecule has 1 rings (SSSR count). The van der Waals surface area contributed by atoms with E-state index in [-0.39, 0.29) is 4.91 Å². The lowest BCUT2D eigenvalue weighted by molar-refractivity contribution is 0.607. The van der Waals surface area contributed by atoms with Crippen LogP contribution in [0.25, 0.3) is 0 Å². The Bertz CT molecular complexity index is 479. The Kier molecular flexibility index (Phi) is 7.54. The summed E-state index contributed by atoms with van der Waals surface area (Å²) in [6.45, 7) is 7.46. The molecule has 0 bridgehead atoms. The highest BCUT2D eigenvalue weighted by atomic mass is 32.2. The van der Waals surface area contributed by atoms with Gasteiger partial charge in [-0.25, -0.2) is 8.42 Å². The van der Waals surface area contributed by atoms with Gasteiger partial charge in [0.2, 0.25) is 0 Å². The Hall–Kier alpha value is -1.75. The maximum absolute atomic E-state index is 11.8. The van der Waals surface area contributed by atoms with E-state index in [0.29, 0.717) is 5.69 Å². The van der Waals surface area contributed by atoms with Gasteiger partial charge in [0, 0.05) is 18.9 Å². The summed E-state index contributed by atoms with van der Waals surface area (Å²) >= 11 is 0. The molecule has 0 fully saturated rings. The average molecular weight is 268 g/mol. The minimum Gasteiger partial charge on any atom is -0.393 e. The van der Waals surface area contributed by atoms with Crippen LogP contribution < -0.4 is 10.0 Å². The van der Waals surface area contributed by atoms with Gasteiger partial charge in [0.15, 0.2) is 0 Å². The molecule has 1 aromatic carbocycles. The number of anilines is 1. The van der Waals surface area contributed by atoms with Crippen molar-refractivity contribution in [2.45, 2.75) is 13.8 Å². The predicted octanol–water partition coefficient (Wildman–Crippen LogP) is 2.70. The van der Waals surface area contributed by atoms with Crippen molar-refractivity contribution >= 4 is 15.7 Å². The van der Waals surface area contributed by atoms with Crippen LogP contribution in [0.15, 0.2) is 54.1 Å². The first kappa shape index (κ1) is 16.2. The lowest BCUT2D eigenvalue weighted by atomic mass is 10.3. The van der Waals surface area contributed by atoms with Gasteiger partial charge < -0.3 is 5.32 Å². The Balaban J connectivity index is 0.00000137. The van der Waals surface area contributed by atoms with Gasteiger partial charge in [-0.2, -0.15) is 0 Å². The molecular formula is C13H20N2O2S. The largest absolute Gasteiger partial charge is 0.393 e. The molecule has 0 unspecified atom stereocenters. The number of allylic oxidation sites excluding steroid dienone is 1. The van der Waals surface area contributed by atoms with Crippen molar-refractivity contribution in [3.05, 3.63) is 54.1 Å². The summed E-state index contributed by atoms with van der Waals surface area (Å²) < 4.78 is 26.1. The molecule has 0 aliphatic heterocycles. The van der Waals surface area contributed by atoms with E-state index in [9.17, 15) is 8.42 Å². The molecule has 0 saturated heterocycles. The van der Waals surface area contributed by atoms with E-state index in [1.54, 1.807) is 31.3 Å². The average Bonchev–Trinajstić information content (AvgIpc) is 2.38. The van der Waals surface area contributed by atoms with E-state index in [2.05, 4.69) is 16.6 Å². The van der Waals surface area contributed by atoms with Crippen molar-refractivity contribution in [1.82, 2.24) is 5.32 Å². The Morgan fingerprint density at radius 1 is 1.22 bits per heavy atom. The van der Waals surface area contributed by atoms with Crippen LogP contribution in [0.1, 0.15) is 13.8 Å². The van der Waals surface area contributed by atoms with Crippen LogP contribution in [-0.4, -0.2) is 15.5 Å². The van der Waals surface area contributed by atoms with Crippen LogP contribution in [0.3, 0.4) is 0 Å². The normalized spacial score (nSPS) is 10.9. The molecule has 0 saturated carbocycles. The lowest BCUT2D eigenvalue weighted by Gasteiger charge is -2.08. The predicted molar refractivity (Wildman–Crippen MR) is 77.7 cm³/mol. The SMILES string of the molecule is C=C/C(=C\NC)S(=O)(=O)Nc1ccccc1.CC. The summed E-state index contributed by atoms with van der Waals surface area (Å²) in [5, 5.41) is 2.66. The molecule has 100 valence electrons. The maximum atomic E-state index is 11.8. The van der Waals surface area contributed by atoms with Crippen molar-refractivity contribution in [3.63, 3.8) is 0 Å². The van der Waals surface area contributed by atoms with Crippen molar-refractivity contribution in [3.8, 4) is 0 Å². The Morgan fingerprint density at radius 3 is 2.22 bits per heavy atom. The molecule has 18 heavy (non-hydrogen) atoms.